The first-order valence-electron chi connectivity index (χ1n) is 7.88. The van der Waals surface area contributed by atoms with Gasteiger partial charge < -0.3 is 5.32 Å². The third-order valence-corrected chi connectivity index (χ3v) is 8.02. The number of nitrogens with two attached hydrogens (primary N) is 1. The molecule has 1 aliphatic carbocycles. The van der Waals surface area contributed by atoms with Crippen LogP contribution in [0.3, 0.4) is 0 Å². The number of nitrogens with one attached hydrogen (secondary N) is 2. The van der Waals surface area contributed by atoms with Crippen LogP contribution in [0.15, 0.2) is 29.2 Å². The van der Waals surface area contributed by atoms with Crippen LogP contribution in [0.1, 0.15) is 25.7 Å². The summed E-state index contributed by atoms with van der Waals surface area (Å²) in [6, 6.07) is 6.45. The fourth-order valence-corrected chi connectivity index (χ4v) is 6.37. The maximum atomic E-state index is 12.1. The van der Waals surface area contributed by atoms with Crippen LogP contribution in [0.2, 0.25) is 0 Å². The lowest BCUT2D eigenvalue weighted by Crippen LogP contribution is -2.34. The summed E-state index contributed by atoms with van der Waals surface area (Å²) in [7, 11) is -3.71. The first-order chi connectivity index (χ1) is 11.4. The van der Waals surface area contributed by atoms with Gasteiger partial charge in [0.1, 0.15) is 4.71 Å². The van der Waals surface area contributed by atoms with E-state index in [1.54, 1.807) is 23.9 Å². The van der Waals surface area contributed by atoms with E-state index in [1.807, 2.05) is 11.8 Å². The number of sulfonamides is 1. The first-order valence-corrected chi connectivity index (χ1v) is 11.4. The molecule has 132 valence electrons. The predicted octanol–water partition coefficient (Wildman–Crippen LogP) is 1.94. The molecule has 2 aliphatic rings. The van der Waals surface area contributed by atoms with Crippen LogP contribution in [0.25, 0.3) is 0 Å². The number of rotatable bonds is 5. The van der Waals surface area contributed by atoms with Crippen LogP contribution >= 0.6 is 23.5 Å². The van der Waals surface area contributed by atoms with Gasteiger partial charge in [0.2, 0.25) is 15.9 Å². The maximum absolute atomic E-state index is 12.1. The monoisotopic (exact) mass is 387 g/mol. The number of benzene rings is 1. The Morgan fingerprint density at radius 3 is 2.67 bits per heavy atom. The van der Waals surface area contributed by atoms with Gasteiger partial charge in [0, 0.05) is 17.0 Å². The molecule has 3 atom stereocenters. The molecule has 1 saturated heterocycles. The highest BCUT2D eigenvalue weighted by molar-refractivity contribution is 8.17. The minimum absolute atomic E-state index is 0.0315. The van der Waals surface area contributed by atoms with E-state index in [0.717, 1.165) is 0 Å². The van der Waals surface area contributed by atoms with Crippen molar-refractivity contribution in [2.75, 3.05) is 11.1 Å². The van der Waals surface area contributed by atoms with Crippen LogP contribution in [0.5, 0.6) is 0 Å². The van der Waals surface area contributed by atoms with Crippen molar-refractivity contribution in [1.29, 1.82) is 0 Å². The van der Waals surface area contributed by atoms with Crippen molar-refractivity contribution in [2.45, 2.75) is 46.6 Å². The lowest BCUT2D eigenvalue weighted by molar-refractivity contribution is -0.113. The van der Waals surface area contributed by atoms with Crippen molar-refractivity contribution < 1.29 is 13.2 Å². The normalized spacial score (nSPS) is 26.8. The van der Waals surface area contributed by atoms with Crippen LogP contribution in [-0.2, 0) is 14.8 Å². The van der Waals surface area contributed by atoms with Crippen molar-refractivity contribution in [1.82, 2.24) is 5.32 Å². The zero-order valence-electron chi connectivity index (χ0n) is 13.1. The van der Waals surface area contributed by atoms with Crippen LogP contribution < -0.4 is 15.8 Å². The molecule has 0 radical (unpaired) electrons. The molecule has 0 aromatic heterocycles. The zero-order valence-corrected chi connectivity index (χ0v) is 15.6. The average molecular weight is 388 g/mol. The quantitative estimate of drug-likeness (QED) is 0.714. The number of carbonyl (C=O) groups is 1. The van der Waals surface area contributed by atoms with Crippen LogP contribution in [-0.4, -0.2) is 36.1 Å². The topological polar surface area (TPSA) is 101 Å². The highest BCUT2D eigenvalue weighted by Crippen LogP contribution is 2.40. The Kier molecular flexibility index (Phi) is 5.76. The summed E-state index contributed by atoms with van der Waals surface area (Å²) in [6.07, 6.45) is 5.10. The number of primary sulfonamides is 1. The molecule has 1 aromatic carbocycles. The number of fused-ring (bicyclic) bond motifs is 1. The van der Waals surface area contributed by atoms with Crippen molar-refractivity contribution in [3.05, 3.63) is 24.3 Å². The molecular formula is C15H21N3O3S3. The molecule has 1 amide bonds. The van der Waals surface area contributed by atoms with E-state index in [-0.39, 0.29) is 15.5 Å². The Labute approximate surface area is 150 Å². The second-order valence-corrected chi connectivity index (χ2v) is 10.3. The van der Waals surface area contributed by atoms with E-state index in [9.17, 15) is 13.2 Å². The van der Waals surface area contributed by atoms with Crippen molar-refractivity contribution in [2.24, 2.45) is 5.14 Å². The highest BCUT2D eigenvalue weighted by Gasteiger charge is 2.35. The van der Waals surface area contributed by atoms with Gasteiger partial charge in [0.25, 0.3) is 0 Å². The SMILES string of the molecule is NS(=O)(=O)c1ccc(NC(=O)CSC2NC3CCCCC3S2)cc1. The van der Waals surface area contributed by atoms with E-state index < -0.39 is 10.0 Å². The fraction of sp³-hybridized carbons (Fsp3) is 0.533. The standard InChI is InChI=1S/C15H21N3O3S3/c16-24(20,21)11-7-5-10(6-8-11)17-14(19)9-22-15-18-12-3-1-2-4-13(12)23-15/h5-8,12-13,15,18H,1-4,9H2,(H,17,19)(H2,16,20,21). The molecule has 1 aromatic rings. The van der Waals surface area contributed by atoms with Crippen molar-refractivity contribution in [3.63, 3.8) is 0 Å². The average Bonchev–Trinajstić information content (AvgIpc) is 2.95. The number of carbonyl (C=O) groups excluding carboxylic acids is 1. The summed E-state index contributed by atoms with van der Waals surface area (Å²) in [5.74, 6) is 0.266. The molecule has 2 fully saturated rings. The molecule has 0 spiro atoms. The summed E-state index contributed by atoms with van der Waals surface area (Å²) in [5.41, 5.74) is 0.564. The molecule has 3 unspecified atom stereocenters. The Morgan fingerprint density at radius 1 is 1.29 bits per heavy atom. The largest absolute Gasteiger partial charge is 0.325 e. The molecule has 1 saturated carbocycles. The number of amides is 1. The molecule has 0 bridgehead atoms. The van der Waals surface area contributed by atoms with Crippen LogP contribution in [0, 0.1) is 0 Å². The third-order valence-electron chi connectivity index (χ3n) is 4.18. The summed E-state index contributed by atoms with van der Waals surface area (Å²) in [6.45, 7) is 0. The van der Waals surface area contributed by atoms with Gasteiger partial charge in [-0.05, 0) is 37.1 Å². The molecule has 9 heteroatoms. The highest BCUT2D eigenvalue weighted by atomic mass is 32.2. The Morgan fingerprint density at radius 2 is 2.00 bits per heavy atom. The van der Waals surface area contributed by atoms with E-state index in [2.05, 4.69) is 10.6 Å². The third kappa shape index (κ3) is 4.66. The van der Waals surface area contributed by atoms with Gasteiger partial charge in [-0.1, -0.05) is 12.8 Å². The molecule has 24 heavy (non-hydrogen) atoms. The fourth-order valence-electron chi connectivity index (χ4n) is 2.99. The minimum Gasteiger partial charge on any atom is -0.325 e. The Hall–Kier alpha value is -0.740. The van der Waals surface area contributed by atoms with Gasteiger partial charge >= 0.3 is 0 Å². The number of hydrogen-bond acceptors (Lipinski definition) is 6. The van der Waals surface area contributed by atoms with Crippen molar-refractivity contribution in [3.8, 4) is 0 Å². The van der Waals surface area contributed by atoms with E-state index >= 15 is 0 Å². The first kappa shape index (κ1) is 18.1. The van der Waals surface area contributed by atoms with Gasteiger partial charge in [-0.2, -0.15) is 0 Å². The smallest absolute Gasteiger partial charge is 0.238 e. The second kappa shape index (κ2) is 7.65. The maximum Gasteiger partial charge on any atom is 0.238 e. The Balaban J connectivity index is 1.46. The van der Waals surface area contributed by atoms with E-state index in [1.165, 1.54) is 37.8 Å². The van der Waals surface area contributed by atoms with Gasteiger partial charge in [0.05, 0.1) is 10.6 Å². The van der Waals surface area contributed by atoms with Crippen LogP contribution in [0.4, 0.5) is 5.69 Å². The lowest BCUT2D eigenvalue weighted by atomic mass is 9.95. The van der Waals surface area contributed by atoms with Gasteiger partial charge in [0.15, 0.2) is 0 Å². The second-order valence-electron chi connectivity index (χ2n) is 5.99. The summed E-state index contributed by atoms with van der Waals surface area (Å²) < 4.78 is 22.7. The molecular weight excluding hydrogens is 366 g/mol. The molecule has 1 aliphatic heterocycles. The zero-order chi connectivity index (χ0) is 17.2. The summed E-state index contributed by atoms with van der Waals surface area (Å²) in [4.78, 5) is 12.1. The van der Waals surface area contributed by atoms with E-state index in [0.29, 0.717) is 22.7 Å². The Bertz CT molecular complexity index is 680. The van der Waals surface area contributed by atoms with E-state index in [4.69, 9.17) is 5.14 Å². The molecule has 1 heterocycles. The lowest BCUT2D eigenvalue weighted by Gasteiger charge is -2.23. The van der Waals surface area contributed by atoms with Gasteiger partial charge in [-0.3, -0.25) is 10.1 Å². The molecule has 4 N–H and O–H groups in total. The summed E-state index contributed by atoms with van der Waals surface area (Å²) in [5, 5.41) is 12.1. The number of thioether (sulfide) groups is 2. The molecule has 6 nitrogen and oxygen atoms in total. The minimum atomic E-state index is -3.71. The van der Waals surface area contributed by atoms with Crippen molar-refractivity contribution >= 4 is 45.1 Å². The summed E-state index contributed by atoms with van der Waals surface area (Å²) >= 11 is 3.55. The number of hydrogen-bond donors (Lipinski definition) is 3. The van der Waals surface area contributed by atoms with Gasteiger partial charge in [-0.15, -0.1) is 23.5 Å². The predicted molar refractivity (Wildman–Crippen MR) is 99.5 cm³/mol. The van der Waals surface area contributed by atoms with Gasteiger partial charge in [-0.25, -0.2) is 13.6 Å². The number of anilines is 1. The molecule has 3 rings (SSSR count).